The quantitative estimate of drug-likeness (QED) is 0.876. The molecular formula is C16H17ClF3NO2. The maximum absolute atomic E-state index is 12.1. The summed E-state index contributed by atoms with van der Waals surface area (Å²) in [6, 6.07) is 11.3. The number of hydrogen-bond acceptors (Lipinski definition) is 3. The molecule has 0 aliphatic heterocycles. The van der Waals surface area contributed by atoms with E-state index in [9.17, 15) is 13.2 Å². The van der Waals surface area contributed by atoms with E-state index in [0.29, 0.717) is 18.9 Å². The lowest BCUT2D eigenvalue weighted by Gasteiger charge is -2.12. The van der Waals surface area contributed by atoms with Gasteiger partial charge in [-0.3, -0.25) is 0 Å². The first-order valence-corrected chi connectivity index (χ1v) is 6.69. The first-order valence-electron chi connectivity index (χ1n) is 6.69. The number of aryl methyl sites for hydroxylation is 1. The zero-order valence-corrected chi connectivity index (χ0v) is 13.2. The molecule has 0 saturated heterocycles. The lowest BCUT2D eigenvalue weighted by atomic mass is 10.0. The fourth-order valence-corrected chi connectivity index (χ4v) is 2.06. The largest absolute Gasteiger partial charge is 0.573 e. The van der Waals surface area contributed by atoms with Gasteiger partial charge in [-0.15, -0.1) is 25.6 Å². The molecule has 7 heteroatoms. The number of rotatable bonds is 5. The predicted molar refractivity (Wildman–Crippen MR) is 85.1 cm³/mol. The molecule has 0 atom stereocenters. The molecule has 0 saturated carbocycles. The molecule has 2 rings (SSSR count). The molecule has 0 unspecified atom stereocenters. The van der Waals surface area contributed by atoms with Crippen molar-refractivity contribution in [3.05, 3.63) is 48.0 Å². The van der Waals surface area contributed by atoms with Crippen LogP contribution in [-0.2, 0) is 0 Å². The van der Waals surface area contributed by atoms with Crippen LogP contribution in [0, 0.1) is 6.92 Å². The summed E-state index contributed by atoms with van der Waals surface area (Å²) in [5.74, 6) is 0.473. The summed E-state index contributed by atoms with van der Waals surface area (Å²) in [5.41, 5.74) is 8.05. The monoisotopic (exact) mass is 347 g/mol. The highest BCUT2D eigenvalue weighted by atomic mass is 35.5. The predicted octanol–water partition coefficient (Wildman–Crippen LogP) is 4.32. The molecule has 2 aromatic carbocycles. The van der Waals surface area contributed by atoms with Crippen molar-refractivity contribution in [1.82, 2.24) is 0 Å². The third kappa shape index (κ3) is 5.65. The van der Waals surface area contributed by atoms with E-state index in [4.69, 9.17) is 10.5 Å². The topological polar surface area (TPSA) is 44.5 Å². The Morgan fingerprint density at radius 3 is 2.13 bits per heavy atom. The Labute approximate surface area is 138 Å². The van der Waals surface area contributed by atoms with Crippen LogP contribution in [0.1, 0.15) is 5.56 Å². The third-order valence-electron chi connectivity index (χ3n) is 2.98. The zero-order valence-electron chi connectivity index (χ0n) is 12.4. The average Bonchev–Trinajstić information content (AvgIpc) is 2.45. The molecule has 0 amide bonds. The van der Waals surface area contributed by atoms with Gasteiger partial charge >= 0.3 is 6.36 Å². The Morgan fingerprint density at radius 2 is 1.61 bits per heavy atom. The average molecular weight is 348 g/mol. The van der Waals surface area contributed by atoms with Crippen molar-refractivity contribution in [2.75, 3.05) is 13.2 Å². The second-order valence-electron chi connectivity index (χ2n) is 4.69. The van der Waals surface area contributed by atoms with Crippen LogP contribution in [0.3, 0.4) is 0 Å². The molecule has 2 aromatic rings. The second-order valence-corrected chi connectivity index (χ2v) is 4.69. The van der Waals surface area contributed by atoms with Gasteiger partial charge in [-0.05, 0) is 47.9 Å². The van der Waals surface area contributed by atoms with Gasteiger partial charge in [-0.25, -0.2) is 0 Å². The highest BCUT2D eigenvalue weighted by molar-refractivity contribution is 5.85. The summed E-state index contributed by atoms with van der Waals surface area (Å²) >= 11 is 0. The highest BCUT2D eigenvalue weighted by Gasteiger charge is 2.30. The minimum atomic E-state index is -4.68. The van der Waals surface area contributed by atoms with Crippen LogP contribution in [-0.4, -0.2) is 19.5 Å². The van der Waals surface area contributed by atoms with E-state index in [1.54, 1.807) is 18.2 Å². The molecule has 0 spiro atoms. The molecule has 0 heterocycles. The summed E-state index contributed by atoms with van der Waals surface area (Å²) in [7, 11) is 0. The third-order valence-corrected chi connectivity index (χ3v) is 2.98. The van der Waals surface area contributed by atoms with Gasteiger partial charge in [0, 0.05) is 6.54 Å². The molecule has 0 aliphatic carbocycles. The Kier molecular flexibility index (Phi) is 6.72. The Balaban J connectivity index is 0.00000264. The van der Waals surface area contributed by atoms with Crippen LogP contribution in [0.5, 0.6) is 11.5 Å². The summed E-state index contributed by atoms with van der Waals surface area (Å²) in [6.45, 7) is 2.77. The van der Waals surface area contributed by atoms with Crippen LogP contribution < -0.4 is 15.2 Å². The lowest BCUT2D eigenvalue weighted by molar-refractivity contribution is -0.274. The fourth-order valence-electron chi connectivity index (χ4n) is 2.06. The molecule has 2 N–H and O–H groups in total. The van der Waals surface area contributed by atoms with E-state index in [0.717, 1.165) is 16.7 Å². The van der Waals surface area contributed by atoms with Crippen LogP contribution in [0.25, 0.3) is 11.1 Å². The van der Waals surface area contributed by atoms with E-state index in [2.05, 4.69) is 4.74 Å². The summed E-state index contributed by atoms with van der Waals surface area (Å²) < 4.78 is 45.7. The van der Waals surface area contributed by atoms with Gasteiger partial charge in [0.1, 0.15) is 18.1 Å². The van der Waals surface area contributed by atoms with Crippen molar-refractivity contribution in [1.29, 1.82) is 0 Å². The highest BCUT2D eigenvalue weighted by Crippen LogP contribution is 2.30. The van der Waals surface area contributed by atoms with Gasteiger partial charge in [-0.1, -0.05) is 18.2 Å². The van der Waals surface area contributed by atoms with E-state index in [1.165, 1.54) is 12.1 Å². The maximum Gasteiger partial charge on any atom is 0.573 e. The normalized spacial score (nSPS) is 10.8. The van der Waals surface area contributed by atoms with Crippen molar-refractivity contribution in [2.45, 2.75) is 13.3 Å². The molecule has 3 nitrogen and oxygen atoms in total. The number of alkyl halides is 3. The smallest absolute Gasteiger partial charge is 0.492 e. The van der Waals surface area contributed by atoms with Crippen molar-refractivity contribution < 1.29 is 22.6 Å². The van der Waals surface area contributed by atoms with Crippen LogP contribution in [0.4, 0.5) is 13.2 Å². The van der Waals surface area contributed by atoms with Crippen LogP contribution >= 0.6 is 12.4 Å². The molecule has 126 valence electrons. The molecule has 23 heavy (non-hydrogen) atoms. The first-order chi connectivity index (χ1) is 10.4. The van der Waals surface area contributed by atoms with Gasteiger partial charge in [0.15, 0.2) is 0 Å². The number of hydrogen-bond donors (Lipinski definition) is 1. The van der Waals surface area contributed by atoms with Gasteiger partial charge in [0.25, 0.3) is 0 Å². The molecule has 0 aliphatic rings. The van der Waals surface area contributed by atoms with E-state index < -0.39 is 6.36 Å². The number of benzene rings is 2. The van der Waals surface area contributed by atoms with Gasteiger partial charge in [0.05, 0.1) is 0 Å². The molecule has 0 bridgehead atoms. The van der Waals surface area contributed by atoms with Crippen molar-refractivity contribution in [3.8, 4) is 22.6 Å². The first kappa shape index (κ1) is 19.1. The van der Waals surface area contributed by atoms with Crippen molar-refractivity contribution in [2.24, 2.45) is 5.73 Å². The summed E-state index contributed by atoms with van der Waals surface area (Å²) in [6.07, 6.45) is -4.68. The molecule has 0 aromatic heterocycles. The molecule has 0 fully saturated rings. The van der Waals surface area contributed by atoms with Crippen LogP contribution in [0.15, 0.2) is 42.5 Å². The van der Waals surface area contributed by atoms with Gasteiger partial charge in [-0.2, -0.15) is 0 Å². The van der Waals surface area contributed by atoms with Crippen molar-refractivity contribution >= 4 is 12.4 Å². The van der Waals surface area contributed by atoms with E-state index >= 15 is 0 Å². The summed E-state index contributed by atoms with van der Waals surface area (Å²) in [5, 5.41) is 0. The minimum absolute atomic E-state index is 0. The Morgan fingerprint density at radius 1 is 1.00 bits per heavy atom. The molecule has 0 radical (unpaired) electrons. The minimum Gasteiger partial charge on any atom is -0.492 e. The van der Waals surface area contributed by atoms with Gasteiger partial charge in [0.2, 0.25) is 0 Å². The van der Waals surface area contributed by atoms with Gasteiger partial charge < -0.3 is 15.2 Å². The number of nitrogens with two attached hydrogens (primary N) is 1. The van der Waals surface area contributed by atoms with E-state index in [1.807, 2.05) is 19.1 Å². The SMILES string of the molecule is Cc1cc(OCCN)ccc1-c1ccc(OC(F)(F)F)cc1.Cl. The Hall–Kier alpha value is -1.92. The van der Waals surface area contributed by atoms with Crippen LogP contribution in [0.2, 0.25) is 0 Å². The lowest BCUT2D eigenvalue weighted by Crippen LogP contribution is -2.16. The Bertz CT molecular complexity index is 630. The maximum atomic E-state index is 12.1. The number of halogens is 4. The fraction of sp³-hybridized carbons (Fsp3) is 0.250. The number of ether oxygens (including phenoxy) is 2. The van der Waals surface area contributed by atoms with Crippen molar-refractivity contribution in [3.63, 3.8) is 0 Å². The van der Waals surface area contributed by atoms with E-state index in [-0.39, 0.29) is 18.2 Å². The second kappa shape index (κ2) is 8.08. The zero-order chi connectivity index (χ0) is 16.2. The molecular weight excluding hydrogens is 331 g/mol. The standard InChI is InChI=1S/C16H16F3NO2.ClH/c1-11-10-14(21-9-8-20)6-7-15(11)12-2-4-13(5-3-12)22-16(17,18)19;/h2-7,10H,8-9,20H2,1H3;1H. The summed E-state index contributed by atoms with van der Waals surface area (Å²) in [4.78, 5) is 0.